The van der Waals surface area contributed by atoms with Gasteiger partial charge in [0.15, 0.2) is 0 Å². The van der Waals surface area contributed by atoms with Crippen molar-refractivity contribution in [1.29, 1.82) is 0 Å². The lowest BCUT2D eigenvalue weighted by atomic mass is 10.2. The number of sulfonamides is 1. The molecule has 0 saturated carbocycles. The van der Waals surface area contributed by atoms with E-state index in [-0.39, 0.29) is 21.8 Å². The van der Waals surface area contributed by atoms with Gasteiger partial charge in [-0.3, -0.25) is 4.72 Å². The molecule has 2 aromatic rings. The lowest BCUT2D eigenvalue weighted by molar-refractivity contribution is 0.593. The average molecular weight is 394 g/mol. The number of hydrogen-bond acceptors (Lipinski definition) is 3. The number of anilines is 2. The topological polar surface area (TPSA) is 72.2 Å². The second kappa shape index (κ2) is 5.82. The minimum Gasteiger partial charge on any atom is -0.398 e. The highest BCUT2D eigenvalue weighted by molar-refractivity contribution is 9.10. The van der Waals surface area contributed by atoms with Crippen LogP contribution in [0.1, 0.15) is 5.56 Å². The highest BCUT2D eigenvalue weighted by atomic mass is 79.9. The molecule has 0 saturated heterocycles. The molecule has 4 nitrogen and oxygen atoms in total. The van der Waals surface area contributed by atoms with Crippen molar-refractivity contribution in [2.75, 3.05) is 10.5 Å². The molecule has 3 N–H and O–H groups in total. The summed E-state index contributed by atoms with van der Waals surface area (Å²) in [4.78, 5) is -0.255. The lowest BCUT2D eigenvalue weighted by Gasteiger charge is -2.12. The Morgan fingerprint density at radius 1 is 1.29 bits per heavy atom. The van der Waals surface area contributed by atoms with Gasteiger partial charge in [0.25, 0.3) is 10.0 Å². The summed E-state index contributed by atoms with van der Waals surface area (Å²) in [5.74, 6) is -0.680. The highest BCUT2D eigenvalue weighted by Crippen LogP contribution is 2.29. The molecular formula is C13H11BrClFN2O2S. The van der Waals surface area contributed by atoms with Gasteiger partial charge in [-0.15, -0.1) is 0 Å². The van der Waals surface area contributed by atoms with Crippen molar-refractivity contribution >= 4 is 48.9 Å². The average Bonchev–Trinajstić information content (AvgIpc) is 2.39. The van der Waals surface area contributed by atoms with E-state index in [0.29, 0.717) is 9.50 Å². The first kappa shape index (κ1) is 16.1. The van der Waals surface area contributed by atoms with Crippen molar-refractivity contribution in [2.24, 2.45) is 0 Å². The molecule has 0 heterocycles. The normalized spacial score (nSPS) is 11.4. The Labute approximate surface area is 135 Å². The molecule has 0 bridgehead atoms. The van der Waals surface area contributed by atoms with Gasteiger partial charge in [-0.25, -0.2) is 12.8 Å². The molecule has 21 heavy (non-hydrogen) atoms. The molecule has 0 aliphatic carbocycles. The van der Waals surface area contributed by atoms with Crippen LogP contribution < -0.4 is 10.5 Å². The van der Waals surface area contributed by atoms with Gasteiger partial charge < -0.3 is 5.73 Å². The second-order valence-electron chi connectivity index (χ2n) is 4.35. The smallest absolute Gasteiger partial charge is 0.262 e. The monoisotopic (exact) mass is 392 g/mol. The van der Waals surface area contributed by atoms with E-state index in [1.807, 2.05) is 0 Å². The number of nitrogens with one attached hydrogen (secondary N) is 1. The fourth-order valence-electron chi connectivity index (χ4n) is 1.61. The van der Waals surface area contributed by atoms with Crippen LogP contribution in [-0.2, 0) is 10.0 Å². The summed E-state index contributed by atoms with van der Waals surface area (Å²) < 4.78 is 41.1. The van der Waals surface area contributed by atoms with Crippen molar-refractivity contribution in [2.45, 2.75) is 11.8 Å². The van der Waals surface area contributed by atoms with E-state index in [4.69, 9.17) is 17.3 Å². The summed E-state index contributed by atoms with van der Waals surface area (Å²) >= 11 is 9.04. The van der Waals surface area contributed by atoms with E-state index in [9.17, 15) is 12.8 Å². The maximum Gasteiger partial charge on any atom is 0.262 e. The lowest BCUT2D eigenvalue weighted by Crippen LogP contribution is -2.14. The summed E-state index contributed by atoms with van der Waals surface area (Å²) in [6, 6.07) is 6.78. The number of nitrogen functional groups attached to an aromatic ring is 1. The first-order valence-corrected chi connectivity index (χ1v) is 8.39. The van der Waals surface area contributed by atoms with Crippen LogP contribution in [0.25, 0.3) is 0 Å². The minimum absolute atomic E-state index is 0.0699. The third kappa shape index (κ3) is 3.48. The van der Waals surface area contributed by atoms with Crippen LogP contribution >= 0.6 is 27.5 Å². The standard InChI is InChI=1S/C13H11BrClFN2O2S/c1-7-11(16)5-9(6-12(7)17)21(19,20)18-13-4-8(15)2-3-10(13)14/h2-6,18H,17H2,1H3. The number of benzene rings is 2. The zero-order valence-electron chi connectivity index (χ0n) is 10.8. The van der Waals surface area contributed by atoms with Crippen LogP contribution in [0.2, 0.25) is 5.02 Å². The molecule has 0 aliphatic rings. The maximum absolute atomic E-state index is 13.6. The Hall–Kier alpha value is -1.31. The summed E-state index contributed by atoms with van der Waals surface area (Å²) in [6.07, 6.45) is 0. The molecular weight excluding hydrogens is 383 g/mol. The largest absolute Gasteiger partial charge is 0.398 e. The van der Waals surface area contributed by atoms with Crippen LogP contribution in [0.15, 0.2) is 39.7 Å². The first-order chi connectivity index (χ1) is 9.70. The van der Waals surface area contributed by atoms with Crippen molar-refractivity contribution in [3.8, 4) is 0 Å². The van der Waals surface area contributed by atoms with Gasteiger partial charge in [-0.1, -0.05) is 11.6 Å². The number of hydrogen-bond donors (Lipinski definition) is 2. The van der Waals surface area contributed by atoms with E-state index in [1.54, 1.807) is 12.1 Å². The van der Waals surface area contributed by atoms with E-state index in [2.05, 4.69) is 20.7 Å². The van der Waals surface area contributed by atoms with E-state index < -0.39 is 15.8 Å². The number of nitrogens with two attached hydrogens (primary N) is 1. The first-order valence-electron chi connectivity index (χ1n) is 5.74. The Kier molecular flexibility index (Phi) is 4.46. The predicted octanol–water partition coefficient (Wildman–Crippen LogP) is 3.93. The third-order valence-corrected chi connectivity index (χ3v) is 5.11. The Morgan fingerprint density at radius 2 is 1.95 bits per heavy atom. The summed E-state index contributed by atoms with van der Waals surface area (Å²) in [7, 11) is -3.97. The van der Waals surface area contributed by atoms with Crippen LogP contribution in [0.3, 0.4) is 0 Å². The number of halogens is 3. The van der Waals surface area contributed by atoms with Gasteiger partial charge in [-0.05, 0) is 53.2 Å². The molecule has 8 heteroatoms. The molecule has 0 spiro atoms. The Bertz CT molecular complexity index is 789. The molecule has 0 aromatic heterocycles. The molecule has 0 fully saturated rings. The van der Waals surface area contributed by atoms with E-state index in [1.165, 1.54) is 19.1 Å². The fraction of sp³-hybridized carbons (Fsp3) is 0.0769. The fourth-order valence-corrected chi connectivity index (χ4v) is 3.37. The quantitative estimate of drug-likeness (QED) is 0.776. The summed E-state index contributed by atoms with van der Waals surface area (Å²) in [5.41, 5.74) is 6.13. The predicted molar refractivity (Wildman–Crippen MR) is 85.5 cm³/mol. The van der Waals surface area contributed by atoms with Crippen molar-refractivity contribution in [1.82, 2.24) is 0 Å². The molecule has 0 unspecified atom stereocenters. The molecule has 0 aliphatic heterocycles. The van der Waals surface area contributed by atoms with Crippen molar-refractivity contribution in [3.63, 3.8) is 0 Å². The van der Waals surface area contributed by atoms with Gasteiger partial charge in [0.1, 0.15) is 5.82 Å². The SMILES string of the molecule is Cc1c(N)cc(S(=O)(=O)Nc2cc(Cl)ccc2Br)cc1F. The van der Waals surface area contributed by atoms with Gasteiger partial charge in [-0.2, -0.15) is 0 Å². The van der Waals surface area contributed by atoms with Gasteiger partial charge in [0, 0.05) is 20.7 Å². The second-order valence-corrected chi connectivity index (χ2v) is 7.32. The third-order valence-electron chi connectivity index (χ3n) is 2.84. The molecule has 2 rings (SSSR count). The van der Waals surface area contributed by atoms with Crippen LogP contribution in [0.4, 0.5) is 15.8 Å². The van der Waals surface area contributed by atoms with Crippen LogP contribution in [-0.4, -0.2) is 8.42 Å². The zero-order valence-corrected chi connectivity index (χ0v) is 14.0. The molecule has 112 valence electrons. The summed E-state index contributed by atoms with van der Waals surface area (Å²) in [6.45, 7) is 1.47. The maximum atomic E-state index is 13.6. The molecule has 0 radical (unpaired) electrons. The van der Waals surface area contributed by atoms with E-state index >= 15 is 0 Å². The summed E-state index contributed by atoms with van der Waals surface area (Å²) in [5, 5.41) is 0.366. The molecule has 0 amide bonds. The number of rotatable bonds is 3. The van der Waals surface area contributed by atoms with Crippen molar-refractivity contribution < 1.29 is 12.8 Å². The highest BCUT2D eigenvalue weighted by Gasteiger charge is 2.19. The molecule has 2 aromatic carbocycles. The van der Waals surface area contributed by atoms with Crippen LogP contribution in [0, 0.1) is 12.7 Å². The van der Waals surface area contributed by atoms with Gasteiger partial charge in [0.05, 0.1) is 10.6 Å². The Balaban J connectivity index is 2.46. The van der Waals surface area contributed by atoms with Crippen LogP contribution in [0.5, 0.6) is 0 Å². The van der Waals surface area contributed by atoms with Gasteiger partial charge >= 0.3 is 0 Å². The zero-order chi connectivity index (χ0) is 15.8. The van der Waals surface area contributed by atoms with Gasteiger partial charge in [0.2, 0.25) is 0 Å². The Morgan fingerprint density at radius 3 is 2.57 bits per heavy atom. The van der Waals surface area contributed by atoms with E-state index in [0.717, 1.165) is 6.07 Å². The molecule has 0 atom stereocenters. The van der Waals surface area contributed by atoms with Crippen molar-refractivity contribution in [3.05, 3.63) is 51.2 Å². The minimum atomic E-state index is -3.97.